The van der Waals surface area contributed by atoms with Gasteiger partial charge in [0.25, 0.3) is 0 Å². The average Bonchev–Trinajstić information content (AvgIpc) is 3.58. The van der Waals surface area contributed by atoms with Gasteiger partial charge in [-0.1, -0.05) is 18.2 Å². The van der Waals surface area contributed by atoms with E-state index in [1.165, 1.54) is 12.5 Å². The average molecular weight is 558 g/mol. The standard InChI is InChI=1S/C25H31N7O8/c26-16(7-13-9-28-17-4-2-1-3-15(13)17)22(36)31-19(8-14-10-27-12-29-14)24(38)30-18(5-6-21(34)35)23(37)32-20(11-33)25(39)40/h1-4,9-10,12,16,18-20,28,33H,5-8,11,26H2,(H,27,29)(H,30,38)(H,31,36)(H,32,37)(H,34,35)(H,39,40). The van der Waals surface area contributed by atoms with Gasteiger partial charge in [-0.05, 0) is 24.5 Å². The Morgan fingerprint density at radius 1 is 0.900 bits per heavy atom. The third-order valence-electron chi connectivity index (χ3n) is 6.14. The zero-order valence-electron chi connectivity index (χ0n) is 21.3. The number of nitrogens with one attached hydrogen (secondary N) is 5. The molecule has 0 aliphatic rings. The molecule has 0 fully saturated rings. The second-order valence-corrected chi connectivity index (χ2v) is 9.09. The molecule has 15 heteroatoms. The van der Waals surface area contributed by atoms with E-state index < -0.39 is 66.9 Å². The number of carbonyl (C=O) groups is 5. The quantitative estimate of drug-likeness (QED) is 0.103. The zero-order valence-corrected chi connectivity index (χ0v) is 21.3. The molecule has 2 heterocycles. The number of H-pyrrole nitrogens is 2. The Morgan fingerprint density at radius 3 is 2.23 bits per heavy atom. The summed E-state index contributed by atoms with van der Waals surface area (Å²) in [5.74, 6) is -5.28. The van der Waals surface area contributed by atoms with E-state index in [1.807, 2.05) is 24.3 Å². The molecule has 4 atom stereocenters. The van der Waals surface area contributed by atoms with E-state index in [9.17, 15) is 29.1 Å². The van der Waals surface area contributed by atoms with Crippen LogP contribution in [0, 0.1) is 0 Å². The number of para-hydroxylation sites is 1. The number of aliphatic carboxylic acids is 2. The van der Waals surface area contributed by atoms with Crippen LogP contribution in [0.1, 0.15) is 24.1 Å². The molecule has 0 bridgehead atoms. The number of carbonyl (C=O) groups excluding carboxylic acids is 3. The van der Waals surface area contributed by atoms with Crippen molar-refractivity contribution < 1.29 is 39.3 Å². The normalized spacial score (nSPS) is 14.1. The molecule has 1 aromatic carbocycles. The Kier molecular flexibility index (Phi) is 10.3. The van der Waals surface area contributed by atoms with Crippen LogP contribution in [0.2, 0.25) is 0 Å². The number of aromatic amines is 2. The van der Waals surface area contributed by atoms with E-state index >= 15 is 0 Å². The smallest absolute Gasteiger partial charge is 0.328 e. The maximum absolute atomic E-state index is 13.3. The summed E-state index contributed by atoms with van der Waals surface area (Å²) in [5, 5.41) is 35.3. The van der Waals surface area contributed by atoms with E-state index in [1.54, 1.807) is 6.20 Å². The second kappa shape index (κ2) is 13.9. The van der Waals surface area contributed by atoms with Crippen molar-refractivity contribution in [1.82, 2.24) is 30.9 Å². The number of hydrogen-bond donors (Lipinski definition) is 9. The first kappa shape index (κ1) is 29.8. The number of nitrogens with zero attached hydrogens (tertiary/aromatic N) is 1. The summed E-state index contributed by atoms with van der Waals surface area (Å²) in [5.41, 5.74) is 8.31. The van der Waals surface area contributed by atoms with Crippen molar-refractivity contribution in [3.05, 3.63) is 54.2 Å². The first-order valence-corrected chi connectivity index (χ1v) is 12.3. The first-order chi connectivity index (χ1) is 19.1. The summed E-state index contributed by atoms with van der Waals surface area (Å²) in [6.07, 6.45) is 3.74. The number of carboxylic acids is 2. The Morgan fingerprint density at radius 2 is 1.57 bits per heavy atom. The lowest BCUT2D eigenvalue weighted by molar-refractivity contribution is -0.144. The molecule has 3 rings (SSSR count). The highest BCUT2D eigenvalue weighted by molar-refractivity contribution is 5.94. The van der Waals surface area contributed by atoms with Crippen LogP contribution in [0.15, 0.2) is 43.0 Å². The minimum absolute atomic E-state index is 0.0704. The van der Waals surface area contributed by atoms with E-state index in [0.29, 0.717) is 5.69 Å². The monoisotopic (exact) mass is 557 g/mol. The molecular weight excluding hydrogens is 526 g/mol. The highest BCUT2D eigenvalue weighted by Gasteiger charge is 2.31. The van der Waals surface area contributed by atoms with Gasteiger partial charge in [-0.25, -0.2) is 9.78 Å². The maximum atomic E-state index is 13.3. The summed E-state index contributed by atoms with van der Waals surface area (Å²) in [6, 6.07) is 2.05. The molecule has 0 radical (unpaired) electrons. The fourth-order valence-corrected chi connectivity index (χ4v) is 4.00. The lowest BCUT2D eigenvalue weighted by Crippen LogP contribution is -2.58. The minimum atomic E-state index is -1.67. The van der Waals surface area contributed by atoms with Crippen molar-refractivity contribution >= 4 is 40.6 Å². The van der Waals surface area contributed by atoms with Crippen LogP contribution >= 0.6 is 0 Å². The number of nitrogens with two attached hydrogens (primary N) is 1. The van der Waals surface area contributed by atoms with E-state index in [-0.39, 0.29) is 19.3 Å². The molecule has 10 N–H and O–H groups in total. The van der Waals surface area contributed by atoms with Gasteiger partial charge in [-0.3, -0.25) is 19.2 Å². The van der Waals surface area contributed by atoms with Crippen molar-refractivity contribution in [3.63, 3.8) is 0 Å². The Bertz CT molecular complexity index is 1340. The van der Waals surface area contributed by atoms with Gasteiger partial charge in [0.15, 0.2) is 0 Å². The van der Waals surface area contributed by atoms with Gasteiger partial charge >= 0.3 is 11.9 Å². The van der Waals surface area contributed by atoms with Gasteiger partial charge < -0.3 is 47.0 Å². The van der Waals surface area contributed by atoms with Crippen molar-refractivity contribution in [2.24, 2.45) is 5.73 Å². The van der Waals surface area contributed by atoms with Crippen molar-refractivity contribution in [2.45, 2.75) is 49.9 Å². The Balaban J connectivity index is 1.75. The fraction of sp³-hybridized carbons (Fsp3) is 0.360. The van der Waals surface area contributed by atoms with Gasteiger partial charge in [0.05, 0.1) is 19.0 Å². The molecule has 40 heavy (non-hydrogen) atoms. The second-order valence-electron chi connectivity index (χ2n) is 9.09. The van der Waals surface area contributed by atoms with E-state index in [0.717, 1.165) is 16.5 Å². The fourth-order valence-electron chi connectivity index (χ4n) is 4.00. The molecule has 0 saturated carbocycles. The van der Waals surface area contributed by atoms with Gasteiger partial charge in [0, 0.05) is 41.8 Å². The Labute approximate surface area is 227 Å². The molecular formula is C25H31N7O8. The molecule has 0 spiro atoms. The summed E-state index contributed by atoms with van der Waals surface area (Å²) >= 11 is 0. The van der Waals surface area contributed by atoms with Crippen molar-refractivity contribution in [2.75, 3.05) is 6.61 Å². The molecule has 2 aromatic heterocycles. The molecule has 0 aliphatic carbocycles. The highest BCUT2D eigenvalue weighted by atomic mass is 16.4. The van der Waals surface area contributed by atoms with Crippen LogP contribution in [0.4, 0.5) is 0 Å². The summed E-state index contributed by atoms with van der Waals surface area (Å²) in [6.45, 7) is -0.923. The van der Waals surface area contributed by atoms with Crippen LogP contribution in [-0.4, -0.2) is 90.7 Å². The molecule has 4 unspecified atom stereocenters. The summed E-state index contributed by atoms with van der Waals surface area (Å²) in [7, 11) is 0. The third-order valence-corrected chi connectivity index (χ3v) is 6.14. The Hall–Kier alpha value is -4.76. The maximum Gasteiger partial charge on any atom is 0.328 e. The number of benzene rings is 1. The molecule has 3 aromatic rings. The van der Waals surface area contributed by atoms with Gasteiger partial charge in [-0.2, -0.15) is 0 Å². The molecule has 3 amide bonds. The predicted molar refractivity (Wildman–Crippen MR) is 140 cm³/mol. The number of amides is 3. The minimum Gasteiger partial charge on any atom is -0.481 e. The molecule has 0 aliphatic heterocycles. The molecule has 0 saturated heterocycles. The zero-order chi connectivity index (χ0) is 29.2. The van der Waals surface area contributed by atoms with Gasteiger partial charge in [0.1, 0.15) is 18.1 Å². The van der Waals surface area contributed by atoms with Crippen LogP contribution in [0.3, 0.4) is 0 Å². The third kappa shape index (κ3) is 8.12. The van der Waals surface area contributed by atoms with Crippen LogP contribution in [0.25, 0.3) is 10.9 Å². The lowest BCUT2D eigenvalue weighted by atomic mass is 10.0. The van der Waals surface area contributed by atoms with Crippen molar-refractivity contribution in [1.29, 1.82) is 0 Å². The largest absolute Gasteiger partial charge is 0.481 e. The number of aliphatic hydroxyl groups is 1. The number of aliphatic hydroxyl groups excluding tert-OH is 1. The highest BCUT2D eigenvalue weighted by Crippen LogP contribution is 2.19. The molecule has 214 valence electrons. The number of hydrogen-bond acceptors (Lipinski definition) is 8. The first-order valence-electron chi connectivity index (χ1n) is 12.3. The summed E-state index contributed by atoms with van der Waals surface area (Å²) < 4.78 is 0. The SMILES string of the molecule is NC(Cc1c[nH]c2ccccc12)C(=O)NC(Cc1cnc[nH]1)C(=O)NC(CCC(=O)O)C(=O)NC(CO)C(=O)O. The number of fused-ring (bicyclic) bond motifs is 1. The number of imidazole rings is 1. The van der Waals surface area contributed by atoms with Crippen LogP contribution < -0.4 is 21.7 Å². The summed E-state index contributed by atoms with van der Waals surface area (Å²) in [4.78, 5) is 71.1. The molecule has 15 nitrogen and oxygen atoms in total. The lowest BCUT2D eigenvalue weighted by Gasteiger charge is -2.24. The van der Waals surface area contributed by atoms with Gasteiger partial charge in [0.2, 0.25) is 17.7 Å². The van der Waals surface area contributed by atoms with Crippen molar-refractivity contribution in [3.8, 4) is 0 Å². The van der Waals surface area contributed by atoms with Crippen LogP contribution in [-0.2, 0) is 36.8 Å². The van der Waals surface area contributed by atoms with E-state index in [2.05, 4.69) is 30.9 Å². The van der Waals surface area contributed by atoms with Crippen LogP contribution in [0.5, 0.6) is 0 Å². The number of aromatic nitrogens is 3. The number of rotatable bonds is 15. The van der Waals surface area contributed by atoms with Gasteiger partial charge in [-0.15, -0.1) is 0 Å². The van der Waals surface area contributed by atoms with E-state index in [4.69, 9.17) is 15.9 Å². The number of carboxylic acid groups (broad SMARTS) is 2. The predicted octanol–water partition coefficient (Wildman–Crippen LogP) is -1.60. The topological polar surface area (TPSA) is 253 Å².